The van der Waals surface area contributed by atoms with Crippen molar-refractivity contribution in [2.24, 2.45) is 11.8 Å². The monoisotopic (exact) mass is 323 g/mol. The molecule has 0 radical (unpaired) electrons. The summed E-state index contributed by atoms with van der Waals surface area (Å²) in [4.78, 5) is 19.2. The molecule has 0 spiro atoms. The fraction of sp³-hybridized carbons (Fsp3) is 0.368. The zero-order valence-corrected chi connectivity index (χ0v) is 13.7. The quantitative estimate of drug-likeness (QED) is 0.939. The fourth-order valence-electron chi connectivity index (χ4n) is 3.91. The van der Waals surface area contributed by atoms with Crippen LogP contribution in [0.4, 0.5) is 0 Å². The number of pyridine rings is 1. The number of rotatable bonds is 3. The summed E-state index contributed by atoms with van der Waals surface area (Å²) >= 11 is 0. The molecule has 24 heavy (non-hydrogen) atoms. The third-order valence-corrected chi connectivity index (χ3v) is 5.06. The third kappa shape index (κ3) is 2.65. The lowest BCUT2D eigenvalue weighted by Crippen LogP contribution is -2.38. The van der Waals surface area contributed by atoms with Gasteiger partial charge in [0, 0.05) is 30.3 Å². The van der Waals surface area contributed by atoms with Gasteiger partial charge < -0.3 is 10.1 Å². The Balaban J connectivity index is 1.49. The van der Waals surface area contributed by atoms with Crippen molar-refractivity contribution in [3.63, 3.8) is 0 Å². The van der Waals surface area contributed by atoms with E-state index in [9.17, 15) is 4.79 Å². The van der Waals surface area contributed by atoms with E-state index in [1.54, 1.807) is 6.20 Å². The maximum atomic E-state index is 12.7. The summed E-state index contributed by atoms with van der Waals surface area (Å²) in [5.74, 6) is 1.16. The Morgan fingerprint density at radius 2 is 2.12 bits per heavy atom. The first-order valence-corrected chi connectivity index (χ1v) is 8.33. The van der Waals surface area contributed by atoms with Crippen LogP contribution in [-0.4, -0.2) is 36.0 Å². The van der Waals surface area contributed by atoms with Crippen molar-refractivity contribution >= 4 is 5.91 Å². The molecule has 5 heteroatoms. The zero-order chi connectivity index (χ0) is 16.5. The molecule has 3 atom stereocenters. The molecule has 1 aromatic carbocycles. The van der Waals surface area contributed by atoms with Gasteiger partial charge in [0.15, 0.2) is 0 Å². The molecule has 2 aliphatic heterocycles. The Morgan fingerprint density at radius 1 is 1.29 bits per heavy atom. The van der Waals surface area contributed by atoms with Crippen molar-refractivity contribution in [3.05, 3.63) is 59.9 Å². The van der Waals surface area contributed by atoms with E-state index in [1.165, 1.54) is 5.56 Å². The molecule has 1 amide bonds. The lowest BCUT2D eigenvalue weighted by molar-refractivity contribution is -0.126. The summed E-state index contributed by atoms with van der Waals surface area (Å²) in [6, 6.07) is 14.1. The number of benzene rings is 1. The molecule has 5 nitrogen and oxygen atoms in total. The van der Waals surface area contributed by atoms with Gasteiger partial charge in [0.1, 0.15) is 5.75 Å². The normalized spacial score (nSPS) is 25.5. The van der Waals surface area contributed by atoms with E-state index in [0.717, 1.165) is 18.0 Å². The number of hydrogen-bond acceptors (Lipinski definition) is 4. The molecule has 1 N–H and O–H groups in total. The number of fused-ring (bicyclic) bond motifs is 3. The number of carbonyl (C=O) groups excluding carboxylic acids is 1. The highest BCUT2D eigenvalue weighted by atomic mass is 16.5. The molecular formula is C19H21N3O2. The number of hydrogen-bond donors (Lipinski definition) is 1. The van der Waals surface area contributed by atoms with Crippen molar-refractivity contribution in [1.82, 2.24) is 15.2 Å². The predicted octanol–water partition coefficient (Wildman–Crippen LogP) is 2.01. The van der Waals surface area contributed by atoms with Gasteiger partial charge in [0.05, 0.1) is 24.8 Å². The van der Waals surface area contributed by atoms with Gasteiger partial charge in [-0.1, -0.05) is 24.3 Å². The molecule has 1 fully saturated rings. The molecule has 0 saturated carbocycles. The van der Waals surface area contributed by atoms with Crippen LogP contribution in [0, 0.1) is 11.8 Å². The highest BCUT2D eigenvalue weighted by molar-refractivity contribution is 5.80. The smallest absolute Gasteiger partial charge is 0.225 e. The summed E-state index contributed by atoms with van der Waals surface area (Å²) in [5.41, 5.74) is 2.07. The van der Waals surface area contributed by atoms with Crippen LogP contribution >= 0.6 is 0 Å². The lowest BCUT2D eigenvalue weighted by Gasteiger charge is -2.32. The van der Waals surface area contributed by atoms with Crippen LogP contribution in [0.5, 0.6) is 5.75 Å². The SMILES string of the molecule is CN1C[C@@H](C(=O)NCc2ccccn2)[C@@H]2COc3ccccc3[C@@H]21. The lowest BCUT2D eigenvalue weighted by atomic mass is 9.85. The van der Waals surface area contributed by atoms with Crippen molar-refractivity contribution in [2.45, 2.75) is 12.6 Å². The highest BCUT2D eigenvalue weighted by Crippen LogP contribution is 2.46. The highest BCUT2D eigenvalue weighted by Gasteiger charge is 2.47. The van der Waals surface area contributed by atoms with E-state index >= 15 is 0 Å². The maximum absolute atomic E-state index is 12.7. The fourth-order valence-corrected chi connectivity index (χ4v) is 3.91. The van der Waals surface area contributed by atoms with Gasteiger partial charge in [0.25, 0.3) is 0 Å². The summed E-state index contributed by atoms with van der Waals surface area (Å²) in [6.45, 7) is 1.81. The first kappa shape index (κ1) is 15.1. The Morgan fingerprint density at radius 3 is 2.96 bits per heavy atom. The second kappa shape index (κ2) is 6.24. The number of aromatic nitrogens is 1. The Hall–Kier alpha value is -2.40. The van der Waals surface area contributed by atoms with E-state index in [2.05, 4.69) is 28.3 Å². The van der Waals surface area contributed by atoms with Crippen LogP contribution in [0.3, 0.4) is 0 Å². The molecule has 2 aliphatic rings. The molecule has 0 bridgehead atoms. The molecular weight excluding hydrogens is 302 g/mol. The van der Waals surface area contributed by atoms with Gasteiger partial charge in [-0.2, -0.15) is 0 Å². The number of carbonyl (C=O) groups is 1. The molecule has 1 aromatic heterocycles. The van der Waals surface area contributed by atoms with Crippen LogP contribution in [0.2, 0.25) is 0 Å². The molecule has 0 aliphatic carbocycles. The predicted molar refractivity (Wildman–Crippen MR) is 90.4 cm³/mol. The van der Waals surface area contributed by atoms with Crippen molar-refractivity contribution < 1.29 is 9.53 Å². The van der Waals surface area contributed by atoms with E-state index in [1.807, 2.05) is 36.4 Å². The van der Waals surface area contributed by atoms with Crippen LogP contribution < -0.4 is 10.1 Å². The average Bonchev–Trinajstić information content (AvgIpc) is 2.98. The van der Waals surface area contributed by atoms with Crippen LogP contribution in [-0.2, 0) is 11.3 Å². The van der Waals surface area contributed by atoms with Gasteiger partial charge in [-0.3, -0.25) is 14.7 Å². The van der Waals surface area contributed by atoms with Gasteiger partial charge in [-0.15, -0.1) is 0 Å². The number of amides is 1. The second-order valence-electron chi connectivity index (χ2n) is 6.54. The number of ether oxygens (including phenoxy) is 1. The molecule has 2 aromatic rings. The summed E-state index contributed by atoms with van der Waals surface area (Å²) < 4.78 is 5.91. The summed E-state index contributed by atoms with van der Waals surface area (Å²) in [6.07, 6.45) is 1.74. The number of nitrogens with zero attached hydrogens (tertiary/aromatic N) is 2. The second-order valence-corrected chi connectivity index (χ2v) is 6.54. The minimum absolute atomic E-state index is 0.0583. The molecule has 124 valence electrons. The topological polar surface area (TPSA) is 54.5 Å². The number of likely N-dealkylation sites (tertiary alicyclic amines) is 1. The molecule has 4 rings (SSSR count). The van der Waals surface area contributed by atoms with E-state index < -0.39 is 0 Å². The van der Waals surface area contributed by atoms with Gasteiger partial charge in [0.2, 0.25) is 5.91 Å². The van der Waals surface area contributed by atoms with E-state index in [-0.39, 0.29) is 23.8 Å². The average molecular weight is 323 g/mol. The summed E-state index contributed by atoms with van der Waals surface area (Å²) in [7, 11) is 2.09. The van der Waals surface area contributed by atoms with E-state index in [4.69, 9.17) is 4.74 Å². The number of nitrogens with one attached hydrogen (secondary N) is 1. The first-order valence-electron chi connectivity index (χ1n) is 8.33. The van der Waals surface area contributed by atoms with Crippen LogP contribution in [0.25, 0.3) is 0 Å². The van der Waals surface area contributed by atoms with Gasteiger partial charge in [-0.05, 0) is 25.2 Å². The minimum Gasteiger partial charge on any atom is -0.493 e. The maximum Gasteiger partial charge on any atom is 0.225 e. The minimum atomic E-state index is -0.0583. The van der Waals surface area contributed by atoms with Gasteiger partial charge in [-0.25, -0.2) is 0 Å². The first-order chi connectivity index (χ1) is 11.7. The standard InChI is InChI=1S/C19H21N3O2/c1-22-11-15(19(23)21-10-13-6-4-5-9-20-13)16-12-24-17-8-3-2-7-14(17)18(16)22/h2-9,15-16,18H,10-12H2,1H3,(H,21,23)/t15-,16+,18+/m1/s1. The zero-order valence-electron chi connectivity index (χ0n) is 13.7. The number of para-hydroxylation sites is 1. The Kier molecular flexibility index (Phi) is 3.94. The molecule has 1 saturated heterocycles. The molecule has 3 heterocycles. The Labute approximate surface area is 141 Å². The van der Waals surface area contributed by atoms with Crippen molar-refractivity contribution in [1.29, 1.82) is 0 Å². The van der Waals surface area contributed by atoms with Crippen molar-refractivity contribution in [2.75, 3.05) is 20.2 Å². The Bertz CT molecular complexity index is 734. The summed E-state index contributed by atoms with van der Waals surface area (Å²) in [5, 5.41) is 3.03. The van der Waals surface area contributed by atoms with Crippen LogP contribution in [0.15, 0.2) is 48.7 Å². The van der Waals surface area contributed by atoms with Crippen LogP contribution in [0.1, 0.15) is 17.3 Å². The third-order valence-electron chi connectivity index (χ3n) is 5.06. The molecule has 0 unspecified atom stereocenters. The largest absolute Gasteiger partial charge is 0.493 e. The van der Waals surface area contributed by atoms with E-state index in [0.29, 0.717) is 13.2 Å². The van der Waals surface area contributed by atoms with Crippen molar-refractivity contribution in [3.8, 4) is 5.75 Å². The van der Waals surface area contributed by atoms with Gasteiger partial charge >= 0.3 is 0 Å².